The second-order valence-electron chi connectivity index (χ2n) is 6.73. The summed E-state index contributed by atoms with van der Waals surface area (Å²) >= 11 is 1.42. The van der Waals surface area contributed by atoms with Gasteiger partial charge in [-0.25, -0.2) is 9.97 Å². The molecule has 4 rings (SSSR count). The van der Waals surface area contributed by atoms with Crippen molar-refractivity contribution in [3.63, 3.8) is 0 Å². The van der Waals surface area contributed by atoms with Gasteiger partial charge in [0.25, 0.3) is 5.56 Å². The molecule has 1 aliphatic carbocycles. The van der Waals surface area contributed by atoms with Crippen molar-refractivity contribution in [2.45, 2.75) is 38.1 Å². The van der Waals surface area contributed by atoms with Crippen LogP contribution in [-0.4, -0.2) is 28.6 Å². The highest BCUT2D eigenvalue weighted by molar-refractivity contribution is 7.25. The van der Waals surface area contributed by atoms with Crippen LogP contribution in [-0.2, 0) is 0 Å². The van der Waals surface area contributed by atoms with E-state index in [2.05, 4.69) is 16.0 Å². The van der Waals surface area contributed by atoms with Gasteiger partial charge in [-0.1, -0.05) is 19.3 Å². The van der Waals surface area contributed by atoms with Crippen LogP contribution in [0.25, 0.3) is 20.3 Å². The van der Waals surface area contributed by atoms with E-state index in [9.17, 15) is 10.1 Å². The fourth-order valence-electron chi connectivity index (χ4n) is 3.76. The number of fused-ring (bicyclic) bond motifs is 3. The van der Waals surface area contributed by atoms with Crippen molar-refractivity contribution in [1.82, 2.24) is 14.5 Å². The lowest BCUT2D eigenvalue weighted by atomic mass is 9.95. The van der Waals surface area contributed by atoms with Gasteiger partial charge in [0, 0.05) is 31.7 Å². The zero-order valence-corrected chi connectivity index (χ0v) is 15.1. The van der Waals surface area contributed by atoms with Crippen molar-refractivity contribution in [2.75, 3.05) is 19.0 Å². The minimum atomic E-state index is 0.0290. The summed E-state index contributed by atoms with van der Waals surface area (Å²) in [6.45, 7) is 0. The van der Waals surface area contributed by atoms with Gasteiger partial charge in [-0.05, 0) is 12.8 Å². The number of rotatable bonds is 2. The van der Waals surface area contributed by atoms with E-state index in [-0.39, 0.29) is 11.6 Å². The first kappa shape index (κ1) is 16.0. The van der Waals surface area contributed by atoms with Crippen LogP contribution in [0.4, 0.5) is 5.69 Å². The van der Waals surface area contributed by atoms with Crippen molar-refractivity contribution < 1.29 is 0 Å². The molecule has 3 heterocycles. The Kier molecular flexibility index (Phi) is 3.92. The molecular formula is C18H19N5OS. The molecular weight excluding hydrogens is 334 g/mol. The second kappa shape index (κ2) is 6.12. The van der Waals surface area contributed by atoms with E-state index < -0.39 is 0 Å². The molecule has 0 saturated heterocycles. The molecule has 1 fully saturated rings. The van der Waals surface area contributed by atoms with Gasteiger partial charge in [-0.3, -0.25) is 9.36 Å². The lowest BCUT2D eigenvalue weighted by Crippen LogP contribution is -2.26. The Morgan fingerprint density at radius 1 is 1.28 bits per heavy atom. The summed E-state index contributed by atoms with van der Waals surface area (Å²) in [6, 6.07) is 2.40. The minimum Gasteiger partial charge on any atom is -0.375 e. The van der Waals surface area contributed by atoms with Crippen LogP contribution in [0.3, 0.4) is 0 Å². The zero-order chi connectivity index (χ0) is 17.6. The lowest BCUT2D eigenvalue weighted by molar-refractivity contribution is 0.345. The average Bonchev–Trinajstić information content (AvgIpc) is 3.01. The highest BCUT2D eigenvalue weighted by Crippen LogP contribution is 2.38. The maximum Gasteiger partial charge on any atom is 0.271 e. The zero-order valence-electron chi connectivity index (χ0n) is 14.3. The van der Waals surface area contributed by atoms with Crippen molar-refractivity contribution in [3.05, 3.63) is 28.6 Å². The predicted octanol–water partition coefficient (Wildman–Crippen LogP) is 3.45. The number of nitrogens with zero attached hydrogens (tertiary/aromatic N) is 5. The molecule has 3 aromatic heterocycles. The molecule has 25 heavy (non-hydrogen) atoms. The highest BCUT2D eigenvalue weighted by atomic mass is 32.1. The Labute approximate surface area is 149 Å². The van der Waals surface area contributed by atoms with E-state index in [0.29, 0.717) is 15.9 Å². The number of pyridine rings is 1. The minimum absolute atomic E-state index is 0.0290. The van der Waals surface area contributed by atoms with Crippen molar-refractivity contribution in [1.29, 1.82) is 5.26 Å². The van der Waals surface area contributed by atoms with Gasteiger partial charge in [0.15, 0.2) is 5.69 Å². The van der Waals surface area contributed by atoms with Crippen LogP contribution in [0.1, 0.15) is 43.8 Å². The first-order valence-corrected chi connectivity index (χ1v) is 9.33. The van der Waals surface area contributed by atoms with Gasteiger partial charge >= 0.3 is 0 Å². The summed E-state index contributed by atoms with van der Waals surface area (Å²) in [5.41, 5.74) is 1.80. The molecule has 0 radical (unpaired) electrons. The third-order valence-corrected chi connectivity index (χ3v) is 6.05. The smallest absolute Gasteiger partial charge is 0.271 e. The van der Waals surface area contributed by atoms with E-state index in [4.69, 9.17) is 0 Å². The monoisotopic (exact) mass is 353 g/mol. The van der Waals surface area contributed by atoms with Crippen molar-refractivity contribution in [2.24, 2.45) is 0 Å². The summed E-state index contributed by atoms with van der Waals surface area (Å²) in [6.07, 6.45) is 9.04. The molecule has 0 bridgehead atoms. The summed E-state index contributed by atoms with van der Waals surface area (Å²) in [7, 11) is 3.76. The molecule has 0 unspecified atom stereocenters. The van der Waals surface area contributed by atoms with E-state index in [1.54, 1.807) is 12.5 Å². The molecule has 6 nitrogen and oxygen atoms in total. The topological polar surface area (TPSA) is 74.8 Å². The maximum absolute atomic E-state index is 13.1. The van der Waals surface area contributed by atoms with Gasteiger partial charge in [-0.15, -0.1) is 11.3 Å². The molecule has 7 heteroatoms. The number of thiophene rings is 1. The average molecular weight is 353 g/mol. The summed E-state index contributed by atoms with van der Waals surface area (Å²) in [5.74, 6) is 0. The van der Waals surface area contributed by atoms with E-state index in [1.165, 1.54) is 30.6 Å². The normalized spacial score (nSPS) is 15.6. The molecule has 0 atom stereocenters. The largest absolute Gasteiger partial charge is 0.375 e. The van der Waals surface area contributed by atoms with E-state index >= 15 is 0 Å². The number of hydrogen-bond acceptors (Lipinski definition) is 6. The third kappa shape index (κ3) is 2.48. The molecule has 0 amide bonds. The quantitative estimate of drug-likeness (QED) is 0.705. The second-order valence-corrected chi connectivity index (χ2v) is 7.78. The number of hydrogen-bond donors (Lipinski definition) is 0. The number of aromatic nitrogens is 3. The van der Waals surface area contributed by atoms with Gasteiger partial charge in [0.05, 0.1) is 22.2 Å². The molecule has 0 aliphatic heterocycles. The Morgan fingerprint density at radius 3 is 2.72 bits per heavy atom. The molecule has 0 aromatic carbocycles. The SMILES string of the molecule is CN(C)c1c(C#N)ncc2sc3c(=O)n(C4CCCCC4)cnc3c12. The lowest BCUT2D eigenvalue weighted by Gasteiger charge is -2.23. The Morgan fingerprint density at radius 2 is 2.04 bits per heavy atom. The van der Waals surface area contributed by atoms with Crippen LogP contribution in [0.2, 0.25) is 0 Å². The number of anilines is 1. The van der Waals surface area contributed by atoms with Crippen LogP contribution in [0, 0.1) is 11.3 Å². The number of nitriles is 1. The van der Waals surface area contributed by atoms with Crippen LogP contribution >= 0.6 is 11.3 Å². The maximum atomic E-state index is 13.1. The summed E-state index contributed by atoms with van der Waals surface area (Å²) in [4.78, 5) is 23.8. The van der Waals surface area contributed by atoms with Crippen molar-refractivity contribution >= 4 is 37.3 Å². The Bertz CT molecular complexity index is 1050. The van der Waals surface area contributed by atoms with Gasteiger partial charge in [0.2, 0.25) is 0 Å². The predicted molar refractivity (Wildman–Crippen MR) is 100 cm³/mol. The van der Waals surface area contributed by atoms with E-state index in [1.807, 2.05) is 23.6 Å². The first-order valence-electron chi connectivity index (χ1n) is 8.51. The molecule has 0 N–H and O–H groups in total. The summed E-state index contributed by atoms with van der Waals surface area (Å²) in [5, 5.41) is 10.2. The van der Waals surface area contributed by atoms with Crippen molar-refractivity contribution in [3.8, 4) is 6.07 Å². The van der Waals surface area contributed by atoms with Gasteiger partial charge in [0.1, 0.15) is 10.8 Å². The Hall–Kier alpha value is -2.46. The first-order chi connectivity index (χ1) is 12.1. The van der Waals surface area contributed by atoms with Crippen LogP contribution in [0.5, 0.6) is 0 Å². The molecule has 3 aromatic rings. The molecule has 128 valence electrons. The fraction of sp³-hybridized carbons (Fsp3) is 0.444. The molecule has 1 aliphatic rings. The molecule has 1 saturated carbocycles. The van der Waals surface area contributed by atoms with Gasteiger partial charge in [-0.2, -0.15) is 5.26 Å². The van der Waals surface area contributed by atoms with Crippen LogP contribution < -0.4 is 10.5 Å². The fourth-order valence-corrected chi connectivity index (χ4v) is 4.82. The van der Waals surface area contributed by atoms with Gasteiger partial charge < -0.3 is 4.90 Å². The summed E-state index contributed by atoms with van der Waals surface area (Å²) < 4.78 is 3.36. The van der Waals surface area contributed by atoms with E-state index in [0.717, 1.165) is 28.6 Å². The van der Waals surface area contributed by atoms with Crippen LogP contribution in [0.15, 0.2) is 17.3 Å². The standard InChI is InChI=1S/C18H19N5OS/c1-22(2)16-12(8-19)20-9-13-14(16)15-17(25-13)18(24)23(10-21-15)11-6-4-3-5-7-11/h9-11H,3-7H2,1-2H3. The third-order valence-electron chi connectivity index (χ3n) is 4.94. The molecule has 0 spiro atoms. The Balaban J connectivity index is 2.00. The highest BCUT2D eigenvalue weighted by Gasteiger charge is 2.22.